The lowest BCUT2D eigenvalue weighted by Gasteiger charge is -2.43. The Kier molecular flexibility index (Phi) is 5.81. The van der Waals surface area contributed by atoms with Crippen LogP contribution in [0.1, 0.15) is 49.7 Å². The number of carboxylic acids is 1. The Morgan fingerprint density at radius 3 is 2.31 bits per heavy atom. The van der Waals surface area contributed by atoms with E-state index in [9.17, 15) is 9.59 Å². The summed E-state index contributed by atoms with van der Waals surface area (Å²) < 4.78 is 0. The van der Waals surface area contributed by atoms with Crippen LogP contribution in [0.3, 0.4) is 0 Å². The Balaban J connectivity index is 1.35. The predicted octanol–water partition coefficient (Wildman–Crippen LogP) is 2.48. The number of rotatable bonds is 7. The largest absolute Gasteiger partial charge is 0.480 e. The van der Waals surface area contributed by atoms with Gasteiger partial charge in [-0.3, -0.25) is 9.69 Å². The van der Waals surface area contributed by atoms with Crippen molar-refractivity contribution in [1.82, 2.24) is 15.5 Å². The second kappa shape index (κ2) is 8.08. The summed E-state index contributed by atoms with van der Waals surface area (Å²) in [4.78, 5) is 25.0. The van der Waals surface area contributed by atoms with Gasteiger partial charge in [-0.2, -0.15) is 0 Å². The number of aryl methyl sites for hydroxylation is 1. The molecule has 0 aliphatic heterocycles. The summed E-state index contributed by atoms with van der Waals surface area (Å²) in [5, 5.41) is 15.0. The minimum Gasteiger partial charge on any atom is -0.480 e. The molecule has 0 radical (unpaired) electrons. The number of amides is 2. The minimum atomic E-state index is -0.797. The standard InChI is InChI=1S/C20H29N3O3/c1-3-23(12-19(24)25)17-10-16(11-17)22-20(26)21-15-8-14(9-15)18-7-5-4-6-13(18)2/h4-7,14-17H,3,8-12H2,1-2H3,(H,24,25)(H2,21,22,26). The van der Waals surface area contributed by atoms with Crippen LogP contribution in [-0.4, -0.2) is 53.2 Å². The summed E-state index contributed by atoms with van der Waals surface area (Å²) in [7, 11) is 0. The molecule has 0 spiro atoms. The molecule has 0 saturated heterocycles. The third kappa shape index (κ3) is 4.36. The summed E-state index contributed by atoms with van der Waals surface area (Å²) in [6.45, 7) is 4.90. The van der Waals surface area contributed by atoms with Crippen molar-refractivity contribution in [1.29, 1.82) is 0 Å². The molecule has 2 aliphatic rings. The van der Waals surface area contributed by atoms with Gasteiger partial charge < -0.3 is 15.7 Å². The quantitative estimate of drug-likeness (QED) is 0.699. The molecule has 0 bridgehead atoms. The lowest BCUT2D eigenvalue weighted by Crippen LogP contribution is -2.58. The van der Waals surface area contributed by atoms with E-state index in [1.807, 2.05) is 11.8 Å². The number of likely N-dealkylation sites (N-methyl/N-ethyl adjacent to an activating group) is 1. The maximum atomic E-state index is 12.2. The molecule has 2 fully saturated rings. The van der Waals surface area contributed by atoms with E-state index in [1.54, 1.807) is 0 Å². The van der Waals surface area contributed by atoms with Crippen molar-refractivity contribution in [3.05, 3.63) is 35.4 Å². The molecule has 6 heteroatoms. The zero-order chi connectivity index (χ0) is 18.7. The Bertz CT molecular complexity index is 651. The number of hydrogen-bond donors (Lipinski definition) is 3. The third-order valence-electron chi connectivity index (χ3n) is 5.81. The van der Waals surface area contributed by atoms with Crippen LogP contribution >= 0.6 is 0 Å². The highest BCUT2D eigenvalue weighted by Gasteiger charge is 2.36. The van der Waals surface area contributed by atoms with Crippen LogP contribution in [0.5, 0.6) is 0 Å². The number of benzene rings is 1. The van der Waals surface area contributed by atoms with Crippen LogP contribution in [0.25, 0.3) is 0 Å². The number of nitrogens with one attached hydrogen (secondary N) is 2. The summed E-state index contributed by atoms with van der Waals surface area (Å²) in [6.07, 6.45) is 3.64. The molecule has 0 unspecified atom stereocenters. The van der Waals surface area contributed by atoms with Gasteiger partial charge in [-0.15, -0.1) is 0 Å². The lowest BCUT2D eigenvalue weighted by atomic mass is 9.74. The highest BCUT2D eigenvalue weighted by molar-refractivity contribution is 5.75. The molecular formula is C20H29N3O3. The van der Waals surface area contributed by atoms with Crippen molar-refractivity contribution in [3.63, 3.8) is 0 Å². The van der Waals surface area contributed by atoms with Crippen LogP contribution in [0, 0.1) is 6.92 Å². The van der Waals surface area contributed by atoms with Gasteiger partial charge >= 0.3 is 12.0 Å². The van der Waals surface area contributed by atoms with E-state index < -0.39 is 5.97 Å². The molecule has 3 rings (SSSR count). The first-order valence-electron chi connectivity index (χ1n) is 9.54. The molecular weight excluding hydrogens is 330 g/mol. The molecule has 6 nitrogen and oxygen atoms in total. The molecule has 1 aromatic rings. The second-order valence-electron chi connectivity index (χ2n) is 7.62. The first kappa shape index (κ1) is 18.7. The normalized spacial score (nSPS) is 27.3. The smallest absolute Gasteiger partial charge is 0.317 e. The van der Waals surface area contributed by atoms with E-state index in [-0.39, 0.29) is 30.7 Å². The van der Waals surface area contributed by atoms with Crippen LogP contribution in [0.15, 0.2) is 24.3 Å². The van der Waals surface area contributed by atoms with E-state index >= 15 is 0 Å². The van der Waals surface area contributed by atoms with Gasteiger partial charge in [-0.25, -0.2) is 4.79 Å². The van der Waals surface area contributed by atoms with Crippen LogP contribution < -0.4 is 10.6 Å². The predicted molar refractivity (Wildman–Crippen MR) is 100 cm³/mol. The van der Waals surface area contributed by atoms with Gasteiger partial charge in [0.05, 0.1) is 6.54 Å². The molecule has 2 amide bonds. The molecule has 2 saturated carbocycles. The van der Waals surface area contributed by atoms with E-state index in [0.29, 0.717) is 5.92 Å². The molecule has 1 aromatic carbocycles. The zero-order valence-electron chi connectivity index (χ0n) is 15.6. The SMILES string of the molecule is CCN(CC(=O)O)C1CC(NC(=O)NC2CC(c3ccccc3C)C2)C1. The van der Waals surface area contributed by atoms with Crippen molar-refractivity contribution >= 4 is 12.0 Å². The number of carboxylic acid groups (broad SMARTS) is 1. The number of carbonyl (C=O) groups excluding carboxylic acids is 1. The van der Waals surface area contributed by atoms with Gasteiger partial charge in [0.15, 0.2) is 0 Å². The maximum absolute atomic E-state index is 12.2. The molecule has 0 atom stereocenters. The first-order valence-corrected chi connectivity index (χ1v) is 9.54. The van der Waals surface area contributed by atoms with Crippen molar-refractivity contribution in [2.45, 2.75) is 63.6 Å². The number of aliphatic carboxylic acids is 1. The fraction of sp³-hybridized carbons (Fsp3) is 0.600. The lowest BCUT2D eigenvalue weighted by molar-refractivity contribution is -0.139. The van der Waals surface area contributed by atoms with E-state index in [2.05, 4.69) is 41.8 Å². The second-order valence-corrected chi connectivity index (χ2v) is 7.62. The van der Waals surface area contributed by atoms with Gasteiger partial charge in [0.2, 0.25) is 0 Å². The monoisotopic (exact) mass is 359 g/mol. The molecule has 3 N–H and O–H groups in total. The fourth-order valence-corrected chi connectivity index (χ4v) is 4.12. The maximum Gasteiger partial charge on any atom is 0.317 e. The van der Waals surface area contributed by atoms with Crippen LogP contribution in [0.2, 0.25) is 0 Å². The highest BCUT2D eigenvalue weighted by atomic mass is 16.4. The Morgan fingerprint density at radius 2 is 1.73 bits per heavy atom. The number of nitrogens with zero attached hydrogens (tertiary/aromatic N) is 1. The van der Waals surface area contributed by atoms with Gasteiger partial charge in [-0.05, 0) is 56.2 Å². The molecule has 2 aliphatic carbocycles. The topological polar surface area (TPSA) is 81.7 Å². The minimum absolute atomic E-state index is 0.0719. The molecule has 0 heterocycles. The average molecular weight is 359 g/mol. The number of urea groups is 1. The van der Waals surface area contributed by atoms with Crippen LogP contribution in [-0.2, 0) is 4.79 Å². The van der Waals surface area contributed by atoms with Crippen LogP contribution in [0.4, 0.5) is 4.79 Å². The Morgan fingerprint density at radius 1 is 1.12 bits per heavy atom. The van der Waals surface area contributed by atoms with Gasteiger partial charge in [0.25, 0.3) is 0 Å². The molecule has 142 valence electrons. The molecule has 0 aromatic heterocycles. The highest BCUT2D eigenvalue weighted by Crippen LogP contribution is 2.38. The third-order valence-corrected chi connectivity index (χ3v) is 5.81. The van der Waals surface area contributed by atoms with E-state index in [1.165, 1.54) is 11.1 Å². The molecule has 26 heavy (non-hydrogen) atoms. The fourth-order valence-electron chi connectivity index (χ4n) is 4.12. The summed E-state index contributed by atoms with van der Waals surface area (Å²) in [5.74, 6) is -0.252. The summed E-state index contributed by atoms with van der Waals surface area (Å²) in [6, 6.07) is 9.01. The Hall–Kier alpha value is -2.08. The van der Waals surface area contributed by atoms with Crippen molar-refractivity contribution in [2.24, 2.45) is 0 Å². The number of hydrogen-bond acceptors (Lipinski definition) is 3. The first-order chi connectivity index (χ1) is 12.5. The van der Waals surface area contributed by atoms with E-state index in [0.717, 1.165) is 32.2 Å². The van der Waals surface area contributed by atoms with Crippen molar-refractivity contribution < 1.29 is 14.7 Å². The van der Waals surface area contributed by atoms with Crippen molar-refractivity contribution in [3.8, 4) is 0 Å². The van der Waals surface area contributed by atoms with Gasteiger partial charge in [0, 0.05) is 18.1 Å². The summed E-state index contributed by atoms with van der Waals surface area (Å²) >= 11 is 0. The van der Waals surface area contributed by atoms with E-state index in [4.69, 9.17) is 5.11 Å². The van der Waals surface area contributed by atoms with Gasteiger partial charge in [0.1, 0.15) is 0 Å². The van der Waals surface area contributed by atoms with Gasteiger partial charge in [-0.1, -0.05) is 31.2 Å². The zero-order valence-corrected chi connectivity index (χ0v) is 15.6. The summed E-state index contributed by atoms with van der Waals surface area (Å²) in [5.41, 5.74) is 2.72. The Labute approximate surface area is 155 Å². The average Bonchev–Trinajstić information content (AvgIpc) is 2.52. The number of carbonyl (C=O) groups is 2. The van der Waals surface area contributed by atoms with Crippen molar-refractivity contribution in [2.75, 3.05) is 13.1 Å².